The van der Waals surface area contributed by atoms with Gasteiger partial charge in [0, 0.05) is 32.1 Å². The van der Waals surface area contributed by atoms with E-state index in [1.165, 1.54) is 11.9 Å². The van der Waals surface area contributed by atoms with E-state index in [0.717, 1.165) is 24.0 Å². The number of fused-ring (bicyclic) bond motifs is 1. The van der Waals surface area contributed by atoms with Gasteiger partial charge in [-0.25, -0.2) is 0 Å². The lowest BCUT2D eigenvalue weighted by molar-refractivity contribution is -0.143. The summed E-state index contributed by atoms with van der Waals surface area (Å²) >= 11 is 0. The molecule has 2 aromatic rings. The van der Waals surface area contributed by atoms with E-state index in [1.807, 2.05) is 66.7 Å². The third-order valence-electron chi connectivity index (χ3n) is 6.90. The smallest absolute Gasteiger partial charge is 0.245 e. The highest BCUT2D eigenvalue weighted by Gasteiger charge is 2.40. The van der Waals surface area contributed by atoms with E-state index >= 15 is 0 Å². The maximum Gasteiger partial charge on any atom is 0.245 e. The van der Waals surface area contributed by atoms with Crippen molar-refractivity contribution in [3.05, 3.63) is 71.8 Å². The average Bonchev–Trinajstić information content (AvgIpc) is 3.77. The Morgan fingerprint density at radius 1 is 1.00 bits per heavy atom. The van der Waals surface area contributed by atoms with Crippen LogP contribution in [-0.4, -0.2) is 79.2 Å². The standard InChI is InChI=1S/C29H36N4O5/c1-33-24(19-34)28(36)32-23(18-20-8-3-2-4-9-20)27(35)31-15-7-11-21-10-5-6-12-25(21)38-17-16-30-26(29(33)37)22-13-14-22/h2-12,22-24,26,30,34H,13-19H2,1H3,(H,31,35)(H,32,36)/t23-,24+,26+/m1/s1. The van der Waals surface area contributed by atoms with Crippen LogP contribution in [0.4, 0.5) is 0 Å². The van der Waals surface area contributed by atoms with Crippen LogP contribution in [0.1, 0.15) is 24.0 Å². The number of hydrogen-bond donors (Lipinski definition) is 4. The van der Waals surface area contributed by atoms with Gasteiger partial charge < -0.3 is 30.7 Å². The molecular weight excluding hydrogens is 484 g/mol. The molecule has 0 spiro atoms. The molecule has 9 heteroatoms. The number of nitrogens with one attached hydrogen (secondary N) is 3. The molecule has 3 amide bonds. The zero-order valence-corrected chi connectivity index (χ0v) is 21.6. The predicted molar refractivity (Wildman–Crippen MR) is 144 cm³/mol. The van der Waals surface area contributed by atoms with Crippen LogP contribution in [0.5, 0.6) is 5.75 Å². The summed E-state index contributed by atoms with van der Waals surface area (Å²) in [6, 6.07) is 14.5. The highest BCUT2D eigenvalue weighted by molar-refractivity contribution is 5.93. The molecule has 1 aliphatic carbocycles. The van der Waals surface area contributed by atoms with Crippen molar-refractivity contribution in [2.75, 3.05) is 33.4 Å². The van der Waals surface area contributed by atoms with Crippen LogP contribution < -0.4 is 20.7 Å². The van der Waals surface area contributed by atoms with Crippen LogP contribution in [-0.2, 0) is 20.8 Å². The molecule has 0 aromatic heterocycles. The molecule has 3 atom stereocenters. The summed E-state index contributed by atoms with van der Waals surface area (Å²) in [6.45, 7) is 0.491. The van der Waals surface area contributed by atoms with Crippen LogP contribution in [0.2, 0.25) is 0 Å². The first-order chi connectivity index (χ1) is 18.5. The van der Waals surface area contributed by atoms with E-state index in [-0.39, 0.29) is 30.7 Å². The van der Waals surface area contributed by atoms with Gasteiger partial charge in [-0.1, -0.05) is 60.7 Å². The number of carbonyl (C=O) groups excluding carboxylic acids is 3. The van der Waals surface area contributed by atoms with Crippen molar-refractivity contribution in [1.29, 1.82) is 0 Å². The normalized spacial score (nSPS) is 23.9. The van der Waals surface area contributed by atoms with Crippen molar-refractivity contribution in [2.24, 2.45) is 5.92 Å². The number of nitrogens with zero attached hydrogens (tertiary/aromatic N) is 1. The van der Waals surface area contributed by atoms with E-state index < -0.39 is 30.6 Å². The number of aliphatic hydroxyl groups excluding tert-OH is 1. The summed E-state index contributed by atoms with van der Waals surface area (Å²) < 4.78 is 5.98. The fraction of sp³-hybridized carbons (Fsp3) is 0.414. The lowest BCUT2D eigenvalue weighted by Gasteiger charge is -2.31. The third kappa shape index (κ3) is 7.20. The van der Waals surface area contributed by atoms with E-state index in [1.54, 1.807) is 0 Å². The average molecular weight is 521 g/mol. The molecule has 4 rings (SSSR count). The Labute approximate surface area is 223 Å². The molecule has 1 aliphatic heterocycles. The molecule has 2 aromatic carbocycles. The number of aliphatic hydroxyl groups is 1. The van der Waals surface area contributed by atoms with Gasteiger partial charge >= 0.3 is 0 Å². The van der Waals surface area contributed by atoms with Crippen molar-refractivity contribution in [2.45, 2.75) is 37.4 Å². The fourth-order valence-corrected chi connectivity index (χ4v) is 4.56. The Hall–Kier alpha value is -3.69. The molecule has 202 valence electrons. The van der Waals surface area contributed by atoms with E-state index in [0.29, 0.717) is 18.9 Å². The molecule has 1 saturated carbocycles. The predicted octanol–water partition coefficient (Wildman–Crippen LogP) is 1.12. The first-order valence-corrected chi connectivity index (χ1v) is 13.1. The number of benzene rings is 2. The first kappa shape index (κ1) is 27.3. The monoisotopic (exact) mass is 520 g/mol. The molecule has 0 bridgehead atoms. The van der Waals surface area contributed by atoms with Gasteiger partial charge in [0.1, 0.15) is 24.4 Å². The molecule has 1 fully saturated rings. The summed E-state index contributed by atoms with van der Waals surface area (Å²) in [5, 5.41) is 19.0. The van der Waals surface area contributed by atoms with Crippen molar-refractivity contribution in [1.82, 2.24) is 20.9 Å². The minimum atomic E-state index is -1.13. The van der Waals surface area contributed by atoms with Crippen molar-refractivity contribution in [3.8, 4) is 5.75 Å². The third-order valence-corrected chi connectivity index (χ3v) is 6.90. The first-order valence-electron chi connectivity index (χ1n) is 13.1. The quantitative estimate of drug-likeness (QED) is 0.480. The second-order valence-electron chi connectivity index (χ2n) is 9.70. The van der Waals surface area contributed by atoms with Crippen LogP contribution in [0.15, 0.2) is 60.7 Å². The van der Waals surface area contributed by atoms with Crippen LogP contribution >= 0.6 is 0 Å². The Kier molecular flexibility index (Phi) is 9.51. The number of amides is 3. The van der Waals surface area contributed by atoms with E-state index in [2.05, 4.69) is 16.0 Å². The lowest BCUT2D eigenvalue weighted by atomic mass is 10.0. The van der Waals surface area contributed by atoms with Crippen molar-refractivity contribution in [3.63, 3.8) is 0 Å². The Morgan fingerprint density at radius 2 is 1.74 bits per heavy atom. The molecule has 0 saturated heterocycles. The van der Waals surface area contributed by atoms with E-state index in [9.17, 15) is 19.5 Å². The molecule has 38 heavy (non-hydrogen) atoms. The molecule has 1 heterocycles. The summed E-state index contributed by atoms with van der Waals surface area (Å²) in [5.41, 5.74) is 1.75. The SMILES string of the molecule is CN1C(=O)[C@H](C2CC2)NCCOc2ccccc2C=CCNC(=O)[C@@H](Cc2ccccc2)NC(=O)[C@@H]1CO. The number of para-hydroxylation sites is 1. The number of likely N-dealkylation sites (N-methyl/N-ethyl adjacent to an activating group) is 1. The van der Waals surface area contributed by atoms with Gasteiger partial charge in [0.05, 0.1) is 12.6 Å². The number of ether oxygens (including phenoxy) is 1. The maximum atomic E-state index is 13.4. The number of hydrogen-bond acceptors (Lipinski definition) is 6. The van der Waals surface area contributed by atoms with Gasteiger partial charge in [0.25, 0.3) is 0 Å². The molecule has 0 unspecified atom stereocenters. The molecular formula is C29H36N4O5. The summed E-state index contributed by atoms with van der Waals surface area (Å²) in [6.07, 6.45) is 5.81. The minimum absolute atomic E-state index is 0.171. The Balaban J connectivity index is 1.59. The van der Waals surface area contributed by atoms with Gasteiger partial charge in [0.15, 0.2) is 0 Å². The zero-order chi connectivity index (χ0) is 26.9. The second-order valence-corrected chi connectivity index (χ2v) is 9.70. The maximum absolute atomic E-state index is 13.4. The Bertz CT molecular complexity index is 1130. The molecule has 2 aliphatic rings. The number of carbonyl (C=O) groups is 3. The number of rotatable bonds is 4. The highest BCUT2D eigenvalue weighted by Crippen LogP contribution is 2.33. The van der Waals surface area contributed by atoms with Crippen molar-refractivity contribution >= 4 is 23.8 Å². The molecule has 0 radical (unpaired) electrons. The largest absolute Gasteiger partial charge is 0.492 e. The van der Waals surface area contributed by atoms with Crippen LogP contribution in [0.3, 0.4) is 0 Å². The van der Waals surface area contributed by atoms with E-state index in [4.69, 9.17) is 4.74 Å². The molecule has 9 nitrogen and oxygen atoms in total. The zero-order valence-electron chi connectivity index (χ0n) is 21.6. The highest BCUT2D eigenvalue weighted by atomic mass is 16.5. The fourth-order valence-electron chi connectivity index (χ4n) is 4.56. The van der Waals surface area contributed by atoms with Crippen LogP contribution in [0.25, 0.3) is 6.08 Å². The minimum Gasteiger partial charge on any atom is -0.492 e. The van der Waals surface area contributed by atoms with Gasteiger partial charge in [-0.3, -0.25) is 14.4 Å². The van der Waals surface area contributed by atoms with Crippen molar-refractivity contribution < 1.29 is 24.2 Å². The summed E-state index contributed by atoms with van der Waals surface area (Å²) in [7, 11) is 1.52. The summed E-state index contributed by atoms with van der Waals surface area (Å²) in [4.78, 5) is 41.1. The van der Waals surface area contributed by atoms with Gasteiger partial charge in [0.2, 0.25) is 17.7 Å². The second kappa shape index (κ2) is 13.2. The Morgan fingerprint density at radius 3 is 2.47 bits per heavy atom. The lowest BCUT2D eigenvalue weighted by Crippen LogP contribution is -2.58. The van der Waals surface area contributed by atoms with Gasteiger partial charge in [-0.2, -0.15) is 0 Å². The topological polar surface area (TPSA) is 120 Å². The summed E-state index contributed by atoms with van der Waals surface area (Å²) in [5.74, 6) is -0.331. The van der Waals surface area contributed by atoms with Crippen LogP contribution in [0, 0.1) is 5.92 Å². The van der Waals surface area contributed by atoms with Gasteiger partial charge in [-0.05, 0) is 30.4 Å². The molecule has 4 N–H and O–H groups in total. The van der Waals surface area contributed by atoms with Gasteiger partial charge in [-0.15, -0.1) is 0 Å².